The van der Waals surface area contributed by atoms with E-state index in [9.17, 15) is 0 Å². The van der Waals surface area contributed by atoms with Gasteiger partial charge < -0.3 is 0 Å². The maximum Gasteiger partial charge on any atom is 0.199 e. The van der Waals surface area contributed by atoms with Crippen LogP contribution in [0.2, 0.25) is 0 Å². The molecule has 3 nitrogen and oxygen atoms in total. The fraction of sp³-hybridized carbons (Fsp3) is 0.385. The molecular weight excluding hydrogens is 230 g/mol. The summed E-state index contributed by atoms with van der Waals surface area (Å²) in [7, 11) is 0. The molecule has 2 aromatic rings. The van der Waals surface area contributed by atoms with Crippen molar-refractivity contribution in [1.82, 2.24) is 14.8 Å². The Bertz CT molecular complexity index is 551. The van der Waals surface area contributed by atoms with E-state index in [0.717, 1.165) is 17.9 Å². The predicted octanol–water partition coefficient (Wildman–Crippen LogP) is 3.75. The molecule has 0 aliphatic rings. The van der Waals surface area contributed by atoms with Crippen molar-refractivity contribution in [2.75, 3.05) is 0 Å². The Morgan fingerprint density at radius 2 is 2.00 bits per heavy atom. The summed E-state index contributed by atoms with van der Waals surface area (Å²) in [5.74, 6) is 1.48. The Hall–Kier alpha value is -1.42. The van der Waals surface area contributed by atoms with Crippen molar-refractivity contribution >= 4 is 12.2 Å². The fourth-order valence-corrected chi connectivity index (χ4v) is 2.15. The van der Waals surface area contributed by atoms with Crippen LogP contribution in [0.15, 0.2) is 24.3 Å². The molecule has 17 heavy (non-hydrogen) atoms. The van der Waals surface area contributed by atoms with Crippen molar-refractivity contribution < 1.29 is 0 Å². The zero-order valence-electron chi connectivity index (χ0n) is 10.4. The molecule has 1 aromatic carbocycles. The number of rotatable bonds is 3. The molecule has 0 aliphatic heterocycles. The first-order valence-corrected chi connectivity index (χ1v) is 6.28. The number of H-pyrrole nitrogens is 1. The van der Waals surface area contributed by atoms with Gasteiger partial charge in [-0.05, 0) is 49.2 Å². The van der Waals surface area contributed by atoms with Crippen molar-refractivity contribution in [2.24, 2.45) is 0 Å². The van der Waals surface area contributed by atoms with Gasteiger partial charge in [0.05, 0.1) is 0 Å². The zero-order valence-corrected chi connectivity index (χ0v) is 11.2. The summed E-state index contributed by atoms with van der Waals surface area (Å²) in [5, 5.41) is 6.91. The van der Waals surface area contributed by atoms with E-state index in [1.54, 1.807) is 0 Å². The number of nitrogens with one attached hydrogen (secondary N) is 1. The second kappa shape index (κ2) is 4.84. The van der Waals surface area contributed by atoms with Gasteiger partial charge in [-0.15, -0.1) is 0 Å². The van der Waals surface area contributed by atoms with Crippen LogP contribution in [0.1, 0.15) is 37.6 Å². The fourth-order valence-electron chi connectivity index (χ4n) is 1.87. The van der Waals surface area contributed by atoms with Crippen LogP contribution in [0.4, 0.5) is 0 Å². The summed E-state index contributed by atoms with van der Waals surface area (Å²) >= 11 is 5.21. The lowest BCUT2D eigenvalue weighted by molar-refractivity contribution is 0.733. The molecule has 2 rings (SSSR count). The average molecular weight is 247 g/mol. The first-order valence-electron chi connectivity index (χ1n) is 5.87. The van der Waals surface area contributed by atoms with E-state index in [-0.39, 0.29) is 0 Å². The third-order valence-electron chi connectivity index (χ3n) is 3.17. The molecule has 0 radical (unpaired) electrons. The Morgan fingerprint density at radius 3 is 2.47 bits per heavy atom. The number of hydrogen-bond donors (Lipinski definition) is 1. The Balaban J connectivity index is 2.39. The number of aromatic amines is 1. The number of benzene rings is 1. The smallest absolute Gasteiger partial charge is 0.199 e. The largest absolute Gasteiger partial charge is 0.272 e. The van der Waals surface area contributed by atoms with Crippen molar-refractivity contribution in [3.63, 3.8) is 0 Å². The van der Waals surface area contributed by atoms with Gasteiger partial charge in [0.2, 0.25) is 0 Å². The lowest BCUT2D eigenvalue weighted by Crippen LogP contribution is -1.98. The van der Waals surface area contributed by atoms with Crippen molar-refractivity contribution in [3.8, 4) is 5.69 Å². The minimum Gasteiger partial charge on any atom is -0.272 e. The Labute approximate surface area is 106 Å². The highest BCUT2D eigenvalue weighted by Crippen LogP contribution is 2.20. The predicted molar refractivity (Wildman–Crippen MR) is 72.2 cm³/mol. The topological polar surface area (TPSA) is 33.6 Å². The van der Waals surface area contributed by atoms with Gasteiger partial charge in [0, 0.05) is 5.69 Å². The highest BCUT2D eigenvalue weighted by atomic mass is 32.1. The van der Waals surface area contributed by atoms with E-state index in [0.29, 0.717) is 10.7 Å². The van der Waals surface area contributed by atoms with Crippen molar-refractivity contribution in [1.29, 1.82) is 0 Å². The van der Waals surface area contributed by atoms with Crippen LogP contribution in [0.5, 0.6) is 0 Å². The summed E-state index contributed by atoms with van der Waals surface area (Å²) in [6, 6.07) is 8.52. The highest BCUT2D eigenvalue weighted by molar-refractivity contribution is 7.71. The molecule has 0 amide bonds. The van der Waals surface area contributed by atoms with E-state index in [1.165, 1.54) is 5.56 Å². The molecule has 0 saturated heterocycles. The van der Waals surface area contributed by atoms with Crippen LogP contribution in [0, 0.1) is 11.7 Å². The molecule has 4 heteroatoms. The first kappa shape index (κ1) is 12.0. The average Bonchev–Trinajstić information content (AvgIpc) is 2.68. The van der Waals surface area contributed by atoms with Gasteiger partial charge >= 0.3 is 0 Å². The third-order valence-corrected chi connectivity index (χ3v) is 3.45. The second-order valence-electron chi connectivity index (χ2n) is 4.31. The molecule has 0 bridgehead atoms. The van der Waals surface area contributed by atoms with Crippen molar-refractivity contribution in [2.45, 2.75) is 33.1 Å². The van der Waals surface area contributed by atoms with Gasteiger partial charge in [-0.3, -0.25) is 9.67 Å². The Kier molecular flexibility index (Phi) is 3.43. The molecule has 0 unspecified atom stereocenters. The zero-order chi connectivity index (χ0) is 12.4. The van der Waals surface area contributed by atoms with Gasteiger partial charge in [0.1, 0.15) is 5.82 Å². The molecule has 1 atom stereocenters. The van der Waals surface area contributed by atoms with Crippen LogP contribution in [0.3, 0.4) is 0 Å². The molecule has 0 saturated carbocycles. The van der Waals surface area contributed by atoms with E-state index < -0.39 is 0 Å². The van der Waals surface area contributed by atoms with Crippen LogP contribution in [-0.2, 0) is 0 Å². The molecular formula is C13H17N3S. The van der Waals surface area contributed by atoms with Gasteiger partial charge in [-0.2, -0.15) is 5.10 Å². The normalized spacial score (nSPS) is 12.6. The summed E-state index contributed by atoms with van der Waals surface area (Å²) in [6.07, 6.45) is 1.16. The molecule has 1 aromatic heterocycles. The molecule has 0 aliphatic carbocycles. The molecule has 0 fully saturated rings. The summed E-state index contributed by atoms with van der Waals surface area (Å²) in [4.78, 5) is 0. The molecule has 1 N–H and O–H groups in total. The number of aromatic nitrogens is 3. The number of hydrogen-bond acceptors (Lipinski definition) is 2. The van der Waals surface area contributed by atoms with Crippen LogP contribution < -0.4 is 0 Å². The quantitative estimate of drug-likeness (QED) is 0.838. The molecule has 90 valence electrons. The van der Waals surface area contributed by atoms with E-state index >= 15 is 0 Å². The van der Waals surface area contributed by atoms with Crippen LogP contribution in [0.25, 0.3) is 5.69 Å². The van der Waals surface area contributed by atoms with Gasteiger partial charge in [0.25, 0.3) is 0 Å². The van der Waals surface area contributed by atoms with E-state index in [4.69, 9.17) is 12.2 Å². The minimum atomic E-state index is 0.600. The summed E-state index contributed by atoms with van der Waals surface area (Å²) in [5.41, 5.74) is 2.43. The van der Waals surface area contributed by atoms with Gasteiger partial charge in [-0.1, -0.05) is 26.0 Å². The number of aryl methyl sites for hydroxylation is 1. The third kappa shape index (κ3) is 2.31. The first-order chi connectivity index (χ1) is 8.13. The number of nitrogens with zero attached hydrogens (tertiary/aromatic N) is 2. The lowest BCUT2D eigenvalue weighted by atomic mass is 9.99. The van der Waals surface area contributed by atoms with Crippen LogP contribution in [-0.4, -0.2) is 14.8 Å². The van der Waals surface area contributed by atoms with Gasteiger partial charge in [-0.25, -0.2) is 0 Å². The SMILES string of the molecule is CC[C@H](C)c1ccc(-n2c(C)n[nH]c2=S)cc1. The summed E-state index contributed by atoms with van der Waals surface area (Å²) < 4.78 is 2.58. The maximum absolute atomic E-state index is 5.21. The highest BCUT2D eigenvalue weighted by Gasteiger charge is 2.06. The second-order valence-corrected chi connectivity index (χ2v) is 4.70. The summed E-state index contributed by atoms with van der Waals surface area (Å²) in [6.45, 7) is 6.38. The molecule has 0 spiro atoms. The standard InChI is InChI=1S/C13H17N3S/c1-4-9(2)11-5-7-12(8-6-11)16-10(3)14-15-13(16)17/h5-9H,4H2,1-3H3,(H,15,17)/t9-/m0/s1. The minimum absolute atomic E-state index is 0.600. The maximum atomic E-state index is 5.21. The van der Waals surface area contributed by atoms with Gasteiger partial charge in [0.15, 0.2) is 4.77 Å². The van der Waals surface area contributed by atoms with E-state index in [1.807, 2.05) is 11.5 Å². The van der Waals surface area contributed by atoms with Crippen molar-refractivity contribution in [3.05, 3.63) is 40.4 Å². The Morgan fingerprint density at radius 1 is 1.35 bits per heavy atom. The monoisotopic (exact) mass is 247 g/mol. The molecule has 1 heterocycles. The van der Waals surface area contributed by atoms with E-state index in [2.05, 4.69) is 48.3 Å². The lowest BCUT2D eigenvalue weighted by Gasteiger charge is -2.10. The van der Waals surface area contributed by atoms with Crippen LogP contribution >= 0.6 is 12.2 Å².